The molecule has 29 heavy (non-hydrogen) atoms. The summed E-state index contributed by atoms with van der Waals surface area (Å²) in [5, 5.41) is 2.38. The Bertz CT molecular complexity index is 1200. The van der Waals surface area contributed by atoms with Gasteiger partial charge in [-0.1, -0.05) is 43.7 Å². The van der Waals surface area contributed by atoms with E-state index < -0.39 is 0 Å². The second-order valence-corrected chi connectivity index (χ2v) is 7.76. The molecule has 2 aromatic heterocycles. The summed E-state index contributed by atoms with van der Waals surface area (Å²) in [5.74, 6) is 0.0839. The molecule has 146 valence electrons. The number of hydrogen-bond donors (Lipinski definition) is 1. The maximum atomic E-state index is 13.1. The third kappa shape index (κ3) is 3.98. The van der Waals surface area contributed by atoms with Crippen LogP contribution in [0.15, 0.2) is 70.8 Å². The number of amides is 1. The zero-order valence-electron chi connectivity index (χ0n) is 16.1. The van der Waals surface area contributed by atoms with E-state index >= 15 is 0 Å². The molecule has 4 rings (SSSR count). The molecule has 0 unspecified atom stereocenters. The molecule has 4 aromatic rings. The highest BCUT2D eigenvalue weighted by molar-refractivity contribution is 7.13. The molecule has 0 radical (unpaired) electrons. The van der Waals surface area contributed by atoms with Crippen molar-refractivity contribution in [3.8, 4) is 10.7 Å². The summed E-state index contributed by atoms with van der Waals surface area (Å²) in [4.78, 5) is 31.4. The van der Waals surface area contributed by atoms with Gasteiger partial charge >= 0.3 is 0 Å². The standard InChI is InChI=1S/C23H21N3O2S/c1-2-3-7-16-11-13-17(14-12-16)22(27)25-26-21(20-10-6-15-29-20)24-19-9-5-4-8-18(19)23(26)28/h4-6,8-15H,2-3,7H2,1H3,(H,25,27). The number of carbonyl (C=O) groups excluding carboxylic acids is 1. The van der Waals surface area contributed by atoms with Crippen molar-refractivity contribution in [3.05, 3.63) is 87.5 Å². The number of nitrogens with one attached hydrogen (secondary N) is 1. The maximum absolute atomic E-state index is 13.1. The molecule has 0 atom stereocenters. The van der Waals surface area contributed by atoms with E-state index in [1.807, 2.05) is 35.7 Å². The van der Waals surface area contributed by atoms with Crippen LogP contribution >= 0.6 is 11.3 Å². The van der Waals surface area contributed by atoms with Crippen LogP contribution in [0.3, 0.4) is 0 Å². The lowest BCUT2D eigenvalue weighted by atomic mass is 10.1. The van der Waals surface area contributed by atoms with Gasteiger partial charge in [-0.3, -0.25) is 15.0 Å². The third-order valence-electron chi connectivity index (χ3n) is 4.77. The van der Waals surface area contributed by atoms with E-state index in [-0.39, 0.29) is 11.5 Å². The SMILES string of the molecule is CCCCc1ccc(C(=O)Nn2c(-c3cccs3)nc3ccccc3c2=O)cc1. The molecule has 0 fully saturated rings. The largest absolute Gasteiger partial charge is 0.280 e. The first-order chi connectivity index (χ1) is 14.2. The molecule has 2 heterocycles. The maximum Gasteiger partial charge on any atom is 0.280 e. The van der Waals surface area contributed by atoms with E-state index in [1.165, 1.54) is 21.6 Å². The van der Waals surface area contributed by atoms with Crippen molar-refractivity contribution in [2.75, 3.05) is 5.43 Å². The predicted octanol–water partition coefficient (Wildman–Crippen LogP) is 4.85. The van der Waals surface area contributed by atoms with Crippen LogP contribution in [0.4, 0.5) is 0 Å². The highest BCUT2D eigenvalue weighted by Crippen LogP contribution is 2.23. The second kappa shape index (κ2) is 8.41. The molecule has 0 saturated carbocycles. The second-order valence-electron chi connectivity index (χ2n) is 6.81. The van der Waals surface area contributed by atoms with Crippen LogP contribution in [0.25, 0.3) is 21.6 Å². The average molecular weight is 404 g/mol. The van der Waals surface area contributed by atoms with Crippen molar-refractivity contribution in [2.24, 2.45) is 0 Å². The number of aromatic nitrogens is 2. The zero-order chi connectivity index (χ0) is 20.2. The topological polar surface area (TPSA) is 64.0 Å². The van der Waals surface area contributed by atoms with Crippen molar-refractivity contribution in [3.63, 3.8) is 0 Å². The number of carbonyl (C=O) groups is 1. The Morgan fingerprint density at radius 3 is 2.59 bits per heavy atom. The van der Waals surface area contributed by atoms with Crippen LogP contribution in [-0.2, 0) is 6.42 Å². The van der Waals surface area contributed by atoms with E-state index in [0.29, 0.717) is 22.3 Å². The van der Waals surface area contributed by atoms with Crippen molar-refractivity contribution in [1.29, 1.82) is 0 Å². The first-order valence-electron chi connectivity index (χ1n) is 9.63. The fourth-order valence-electron chi connectivity index (χ4n) is 3.18. The Balaban J connectivity index is 1.71. The van der Waals surface area contributed by atoms with Gasteiger partial charge in [0.2, 0.25) is 0 Å². The minimum Gasteiger partial charge on any atom is -0.267 e. The molecule has 1 N–H and O–H groups in total. The lowest BCUT2D eigenvalue weighted by Gasteiger charge is -2.14. The van der Waals surface area contributed by atoms with Gasteiger partial charge in [0.25, 0.3) is 11.5 Å². The van der Waals surface area contributed by atoms with Gasteiger partial charge < -0.3 is 0 Å². The smallest absolute Gasteiger partial charge is 0.267 e. The van der Waals surface area contributed by atoms with Crippen LogP contribution in [0, 0.1) is 0 Å². The summed E-state index contributed by atoms with van der Waals surface area (Å²) in [6.45, 7) is 2.16. The molecule has 0 bridgehead atoms. The molecule has 0 aliphatic rings. The number of thiophene rings is 1. The van der Waals surface area contributed by atoms with Gasteiger partial charge in [0.05, 0.1) is 15.8 Å². The van der Waals surface area contributed by atoms with Crippen LogP contribution in [0.5, 0.6) is 0 Å². The first-order valence-corrected chi connectivity index (χ1v) is 10.5. The van der Waals surface area contributed by atoms with Crippen molar-refractivity contribution in [2.45, 2.75) is 26.2 Å². The number of hydrogen-bond acceptors (Lipinski definition) is 4. The van der Waals surface area contributed by atoms with Crippen LogP contribution in [-0.4, -0.2) is 15.6 Å². The molecule has 0 spiro atoms. The monoisotopic (exact) mass is 403 g/mol. The van der Waals surface area contributed by atoms with E-state index in [4.69, 9.17) is 0 Å². The number of unbranched alkanes of at least 4 members (excludes halogenated alkanes) is 1. The van der Waals surface area contributed by atoms with Gasteiger partial charge in [-0.2, -0.15) is 4.68 Å². The minimum atomic E-state index is -0.343. The van der Waals surface area contributed by atoms with E-state index in [1.54, 1.807) is 30.3 Å². The Morgan fingerprint density at radius 1 is 1.07 bits per heavy atom. The summed E-state index contributed by atoms with van der Waals surface area (Å²) < 4.78 is 1.25. The molecule has 0 aliphatic carbocycles. The number of aryl methyl sites for hydroxylation is 1. The van der Waals surface area contributed by atoms with Crippen LogP contribution in [0.1, 0.15) is 35.7 Å². The minimum absolute atomic E-state index is 0.299. The average Bonchev–Trinajstić information content (AvgIpc) is 3.29. The molecular weight excluding hydrogens is 382 g/mol. The number of nitrogens with zero attached hydrogens (tertiary/aromatic N) is 2. The summed E-state index contributed by atoms with van der Waals surface area (Å²) in [7, 11) is 0. The third-order valence-corrected chi connectivity index (χ3v) is 5.63. The van der Waals surface area contributed by atoms with Crippen LogP contribution < -0.4 is 11.0 Å². The molecule has 1 amide bonds. The first kappa shape index (κ1) is 19.1. The summed E-state index contributed by atoms with van der Waals surface area (Å²) >= 11 is 1.47. The normalized spacial score (nSPS) is 10.9. The summed E-state index contributed by atoms with van der Waals surface area (Å²) in [6.07, 6.45) is 3.24. The molecule has 5 nitrogen and oxygen atoms in total. The fourth-order valence-corrected chi connectivity index (χ4v) is 3.88. The van der Waals surface area contributed by atoms with E-state index in [0.717, 1.165) is 24.1 Å². The van der Waals surface area contributed by atoms with Gasteiger partial charge in [-0.05, 0) is 54.1 Å². The van der Waals surface area contributed by atoms with Crippen molar-refractivity contribution >= 4 is 28.1 Å². The Morgan fingerprint density at radius 2 is 1.86 bits per heavy atom. The Kier molecular flexibility index (Phi) is 5.53. The Hall–Kier alpha value is -3.25. The molecule has 0 saturated heterocycles. The predicted molar refractivity (Wildman–Crippen MR) is 118 cm³/mol. The number of para-hydroxylation sites is 1. The zero-order valence-corrected chi connectivity index (χ0v) is 16.9. The van der Waals surface area contributed by atoms with Gasteiger partial charge in [0.1, 0.15) is 0 Å². The molecular formula is C23H21N3O2S. The van der Waals surface area contributed by atoms with E-state index in [2.05, 4.69) is 17.3 Å². The molecule has 6 heteroatoms. The van der Waals surface area contributed by atoms with Gasteiger partial charge in [-0.25, -0.2) is 4.98 Å². The van der Waals surface area contributed by atoms with Crippen LogP contribution in [0.2, 0.25) is 0 Å². The summed E-state index contributed by atoms with van der Waals surface area (Å²) in [6, 6.07) is 18.4. The highest BCUT2D eigenvalue weighted by Gasteiger charge is 2.16. The number of rotatable bonds is 6. The van der Waals surface area contributed by atoms with Crippen molar-refractivity contribution in [1.82, 2.24) is 9.66 Å². The molecule has 2 aromatic carbocycles. The number of benzene rings is 2. The van der Waals surface area contributed by atoms with Crippen molar-refractivity contribution < 1.29 is 4.79 Å². The lowest BCUT2D eigenvalue weighted by molar-refractivity contribution is 0.101. The number of fused-ring (bicyclic) bond motifs is 1. The quantitative estimate of drug-likeness (QED) is 0.500. The lowest BCUT2D eigenvalue weighted by Crippen LogP contribution is -2.35. The van der Waals surface area contributed by atoms with Gasteiger partial charge in [0, 0.05) is 5.56 Å². The van der Waals surface area contributed by atoms with Gasteiger partial charge in [-0.15, -0.1) is 11.3 Å². The van der Waals surface area contributed by atoms with Gasteiger partial charge in [0.15, 0.2) is 5.82 Å². The summed E-state index contributed by atoms with van der Waals surface area (Å²) in [5.41, 5.74) is 4.76. The Labute approximate surface area is 172 Å². The fraction of sp³-hybridized carbons (Fsp3) is 0.174. The highest BCUT2D eigenvalue weighted by atomic mass is 32.1. The van der Waals surface area contributed by atoms with E-state index in [9.17, 15) is 9.59 Å². The molecule has 0 aliphatic heterocycles.